The monoisotopic (exact) mass is 253 g/mol. The highest BCUT2D eigenvalue weighted by Crippen LogP contribution is 2.50. The Labute approximate surface area is 106 Å². The lowest BCUT2D eigenvalue weighted by molar-refractivity contribution is -0.138. The van der Waals surface area contributed by atoms with Gasteiger partial charge in [0.05, 0.1) is 0 Å². The molecule has 4 N–H and O–H groups in total. The number of primary amides is 1. The molecular weight excluding hydrogens is 234 g/mol. The molecule has 0 aromatic rings. The summed E-state index contributed by atoms with van der Waals surface area (Å²) in [6.07, 6.45) is 1.39. The van der Waals surface area contributed by atoms with Crippen molar-refractivity contribution >= 4 is 17.8 Å². The van der Waals surface area contributed by atoms with Gasteiger partial charge in [-0.2, -0.15) is 0 Å². The van der Waals surface area contributed by atoms with E-state index in [2.05, 4.69) is 10.6 Å². The van der Waals surface area contributed by atoms with Gasteiger partial charge in [0.15, 0.2) is 0 Å². The molecule has 2 atom stereocenters. The van der Waals surface area contributed by atoms with Crippen LogP contribution in [0.2, 0.25) is 0 Å². The fourth-order valence-corrected chi connectivity index (χ4v) is 3.68. The zero-order chi connectivity index (χ0) is 13.8. The molecule has 1 saturated heterocycles. The lowest BCUT2D eigenvalue weighted by atomic mass is 9.57. The standard InChI is InChI=1S/C12H19N3O3/c1-10(2)4-11(3,7(13)16)6-12(5-10)8(17)14-9(18)15-12/h4-6H2,1-3H3,(H2,13,16)(H2,14,15,17,18). The molecule has 6 nitrogen and oxygen atoms in total. The molecule has 2 aliphatic rings. The molecule has 1 heterocycles. The summed E-state index contributed by atoms with van der Waals surface area (Å²) < 4.78 is 0. The number of rotatable bonds is 1. The number of nitrogens with two attached hydrogens (primary N) is 1. The van der Waals surface area contributed by atoms with E-state index in [1.165, 1.54) is 0 Å². The predicted molar refractivity (Wildman–Crippen MR) is 64.3 cm³/mol. The summed E-state index contributed by atoms with van der Waals surface area (Å²) in [4.78, 5) is 35.0. The van der Waals surface area contributed by atoms with Gasteiger partial charge < -0.3 is 11.1 Å². The van der Waals surface area contributed by atoms with E-state index in [-0.39, 0.29) is 17.7 Å². The van der Waals surface area contributed by atoms with E-state index < -0.39 is 22.9 Å². The highest BCUT2D eigenvalue weighted by molar-refractivity contribution is 6.07. The van der Waals surface area contributed by atoms with Gasteiger partial charge in [0, 0.05) is 5.41 Å². The van der Waals surface area contributed by atoms with Gasteiger partial charge in [-0.25, -0.2) is 4.79 Å². The molecule has 0 aromatic carbocycles. The van der Waals surface area contributed by atoms with Crippen molar-refractivity contribution < 1.29 is 14.4 Å². The van der Waals surface area contributed by atoms with Crippen LogP contribution in [0.4, 0.5) is 4.79 Å². The maximum Gasteiger partial charge on any atom is 0.322 e. The van der Waals surface area contributed by atoms with E-state index in [0.717, 1.165) is 0 Å². The Morgan fingerprint density at radius 2 is 1.78 bits per heavy atom. The third kappa shape index (κ3) is 1.85. The zero-order valence-corrected chi connectivity index (χ0v) is 10.9. The first-order valence-electron chi connectivity index (χ1n) is 6.02. The van der Waals surface area contributed by atoms with Gasteiger partial charge in [-0.05, 0) is 24.7 Å². The Morgan fingerprint density at radius 3 is 2.22 bits per heavy atom. The van der Waals surface area contributed by atoms with Gasteiger partial charge in [0.25, 0.3) is 5.91 Å². The summed E-state index contributed by atoms with van der Waals surface area (Å²) in [5, 5.41) is 4.93. The largest absolute Gasteiger partial charge is 0.369 e. The van der Waals surface area contributed by atoms with Crippen LogP contribution in [0.15, 0.2) is 0 Å². The normalized spacial score (nSPS) is 38.4. The molecule has 2 unspecified atom stereocenters. The van der Waals surface area contributed by atoms with Crippen LogP contribution < -0.4 is 16.4 Å². The first-order valence-corrected chi connectivity index (χ1v) is 6.02. The second-order valence-corrected chi connectivity index (χ2v) is 6.61. The number of carbonyl (C=O) groups excluding carboxylic acids is 3. The van der Waals surface area contributed by atoms with Gasteiger partial charge in [-0.1, -0.05) is 20.8 Å². The summed E-state index contributed by atoms with van der Waals surface area (Å²) in [7, 11) is 0. The number of carbonyl (C=O) groups is 3. The van der Waals surface area contributed by atoms with E-state index in [1.807, 2.05) is 13.8 Å². The third-order valence-corrected chi connectivity index (χ3v) is 3.95. The average molecular weight is 253 g/mol. The first kappa shape index (κ1) is 12.9. The molecule has 2 rings (SSSR count). The second kappa shape index (κ2) is 3.46. The maximum atomic E-state index is 12.0. The van der Waals surface area contributed by atoms with Gasteiger partial charge >= 0.3 is 6.03 Å². The molecule has 1 aliphatic carbocycles. The van der Waals surface area contributed by atoms with Crippen LogP contribution in [-0.4, -0.2) is 23.4 Å². The molecule has 0 radical (unpaired) electrons. The van der Waals surface area contributed by atoms with E-state index in [9.17, 15) is 14.4 Å². The van der Waals surface area contributed by atoms with Gasteiger partial charge in [0.2, 0.25) is 5.91 Å². The number of imide groups is 1. The summed E-state index contributed by atoms with van der Waals surface area (Å²) in [6, 6.07) is -0.496. The Balaban J connectivity index is 2.42. The molecule has 2 fully saturated rings. The van der Waals surface area contributed by atoms with Crippen LogP contribution in [0.5, 0.6) is 0 Å². The van der Waals surface area contributed by atoms with Crippen LogP contribution in [0, 0.1) is 10.8 Å². The van der Waals surface area contributed by atoms with Crippen LogP contribution in [0.25, 0.3) is 0 Å². The maximum absolute atomic E-state index is 12.0. The third-order valence-electron chi connectivity index (χ3n) is 3.95. The molecule has 1 aliphatic heterocycles. The predicted octanol–water partition coefficient (Wildman–Crippen LogP) is 0.266. The molecule has 1 saturated carbocycles. The molecule has 0 bridgehead atoms. The molecule has 4 amide bonds. The molecular formula is C12H19N3O3. The van der Waals surface area contributed by atoms with Crippen molar-refractivity contribution in [2.45, 2.75) is 45.6 Å². The van der Waals surface area contributed by atoms with Crippen LogP contribution in [-0.2, 0) is 9.59 Å². The van der Waals surface area contributed by atoms with Crippen molar-refractivity contribution in [3.63, 3.8) is 0 Å². The summed E-state index contributed by atoms with van der Waals surface area (Å²) >= 11 is 0. The van der Waals surface area contributed by atoms with E-state index in [0.29, 0.717) is 12.8 Å². The van der Waals surface area contributed by atoms with Gasteiger partial charge in [-0.3, -0.25) is 14.9 Å². The minimum atomic E-state index is -0.997. The van der Waals surface area contributed by atoms with E-state index in [4.69, 9.17) is 5.73 Å². The highest BCUT2D eigenvalue weighted by Gasteiger charge is 2.58. The quantitative estimate of drug-likeness (QED) is 0.584. The lowest BCUT2D eigenvalue weighted by Crippen LogP contribution is -2.59. The van der Waals surface area contributed by atoms with Crippen molar-refractivity contribution in [2.75, 3.05) is 0 Å². The van der Waals surface area contributed by atoms with Crippen molar-refractivity contribution in [1.82, 2.24) is 10.6 Å². The fraction of sp³-hybridized carbons (Fsp3) is 0.750. The average Bonchev–Trinajstić information content (AvgIpc) is 2.36. The summed E-state index contributed by atoms with van der Waals surface area (Å²) in [5.74, 6) is -0.781. The smallest absolute Gasteiger partial charge is 0.322 e. The number of nitrogens with one attached hydrogen (secondary N) is 2. The van der Waals surface area contributed by atoms with Crippen LogP contribution in [0.3, 0.4) is 0 Å². The Morgan fingerprint density at radius 1 is 1.17 bits per heavy atom. The minimum absolute atomic E-state index is 0.239. The van der Waals surface area contributed by atoms with Gasteiger partial charge in [0.1, 0.15) is 5.54 Å². The van der Waals surface area contributed by atoms with Gasteiger partial charge in [-0.15, -0.1) is 0 Å². The number of hydrogen-bond acceptors (Lipinski definition) is 3. The van der Waals surface area contributed by atoms with Crippen molar-refractivity contribution in [2.24, 2.45) is 16.6 Å². The molecule has 100 valence electrons. The van der Waals surface area contributed by atoms with Crippen molar-refractivity contribution in [3.8, 4) is 0 Å². The zero-order valence-electron chi connectivity index (χ0n) is 10.9. The number of amides is 4. The Bertz CT molecular complexity index is 446. The van der Waals surface area contributed by atoms with E-state index in [1.54, 1.807) is 6.92 Å². The summed E-state index contributed by atoms with van der Waals surface area (Å²) in [6.45, 7) is 5.72. The number of urea groups is 1. The highest BCUT2D eigenvalue weighted by atomic mass is 16.2. The Kier molecular flexibility index (Phi) is 2.47. The number of hydrogen-bond donors (Lipinski definition) is 3. The summed E-state index contributed by atoms with van der Waals surface area (Å²) in [5.41, 5.74) is 3.45. The van der Waals surface area contributed by atoms with E-state index >= 15 is 0 Å². The van der Waals surface area contributed by atoms with Crippen LogP contribution >= 0.6 is 0 Å². The van der Waals surface area contributed by atoms with Crippen LogP contribution in [0.1, 0.15) is 40.0 Å². The SMILES string of the molecule is CC1(C)CC(C)(C(N)=O)CC2(C1)NC(=O)NC2=O. The Hall–Kier alpha value is -1.59. The molecule has 1 spiro atoms. The fourth-order valence-electron chi connectivity index (χ4n) is 3.68. The molecule has 0 aromatic heterocycles. The molecule has 6 heteroatoms. The first-order chi connectivity index (χ1) is 8.09. The minimum Gasteiger partial charge on any atom is -0.369 e. The lowest BCUT2D eigenvalue weighted by Gasteiger charge is -2.48. The van der Waals surface area contributed by atoms with Crippen molar-refractivity contribution in [1.29, 1.82) is 0 Å². The topological polar surface area (TPSA) is 101 Å². The molecule has 18 heavy (non-hydrogen) atoms. The van der Waals surface area contributed by atoms with Crippen molar-refractivity contribution in [3.05, 3.63) is 0 Å². The second-order valence-electron chi connectivity index (χ2n) is 6.61.